The summed E-state index contributed by atoms with van der Waals surface area (Å²) in [6, 6.07) is 0. The molecule has 1 heterocycles. The van der Waals surface area contributed by atoms with Crippen molar-refractivity contribution in [2.75, 3.05) is 26.2 Å². The van der Waals surface area contributed by atoms with Gasteiger partial charge in [0.2, 0.25) is 11.8 Å². The highest BCUT2D eigenvalue weighted by Gasteiger charge is 2.48. The van der Waals surface area contributed by atoms with Crippen LogP contribution in [0.25, 0.3) is 0 Å². The van der Waals surface area contributed by atoms with E-state index in [0.717, 1.165) is 77.5 Å². The molecule has 0 unspecified atom stereocenters. The smallest absolute Gasteiger partial charge is 0.237 e. The molecule has 24 heavy (non-hydrogen) atoms. The minimum atomic E-state index is -0.462. The Morgan fingerprint density at radius 1 is 0.583 bits per heavy atom. The Morgan fingerprint density at radius 2 is 0.875 bits per heavy atom. The Balaban J connectivity index is 1.70. The average Bonchev–Trinajstić information content (AvgIpc) is 2.62. The molecule has 3 fully saturated rings. The molecule has 3 aliphatic rings. The van der Waals surface area contributed by atoms with Crippen molar-refractivity contribution in [1.82, 2.24) is 9.80 Å². The van der Waals surface area contributed by atoms with Crippen LogP contribution in [0.3, 0.4) is 0 Å². The highest BCUT2D eigenvalue weighted by atomic mass is 16.2. The summed E-state index contributed by atoms with van der Waals surface area (Å²) in [6.45, 7) is 3.21. The van der Waals surface area contributed by atoms with E-state index in [0.29, 0.717) is 0 Å². The maximum absolute atomic E-state index is 12.2. The van der Waals surface area contributed by atoms with Gasteiger partial charge >= 0.3 is 0 Å². The zero-order valence-electron chi connectivity index (χ0n) is 14.8. The monoisotopic (exact) mass is 336 g/mol. The lowest BCUT2D eigenvalue weighted by atomic mass is 9.77. The van der Waals surface area contributed by atoms with Gasteiger partial charge in [0, 0.05) is 26.2 Å². The number of hydrogen-bond donors (Lipinski definition) is 2. The van der Waals surface area contributed by atoms with Gasteiger partial charge in [-0.1, -0.05) is 38.5 Å². The fourth-order valence-electron chi connectivity index (χ4n) is 5.27. The van der Waals surface area contributed by atoms with Crippen molar-refractivity contribution in [3.8, 4) is 0 Å². The first-order valence-electron chi connectivity index (χ1n) is 9.61. The first kappa shape index (κ1) is 17.7. The first-order valence-corrected chi connectivity index (χ1v) is 9.61. The molecular formula is C18H32N4O2. The third-order valence-electron chi connectivity index (χ3n) is 6.77. The summed E-state index contributed by atoms with van der Waals surface area (Å²) in [5.41, 5.74) is 10.7. The Bertz CT molecular complexity index is 429. The van der Waals surface area contributed by atoms with E-state index in [1.54, 1.807) is 0 Å². The van der Waals surface area contributed by atoms with Crippen LogP contribution in [0.2, 0.25) is 0 Å². The van der Waals surface area contributed by atoms with E-state index in [-0.39, 0.29) is 11.8 Å². The van der Waals surface area contributed by atoms with Gasteiger partial charge in [0.25, 0.3) is 0 Å². The zero-order valence-corrected chi connectivity index (χ0v) is 14.8. The molecule has 0 atom stereocenters. The van der Waals surface area contributed by atoms with Gasteiger partial charge in [-0.3, -0.25) is 19.4 Å². The standard InChI is InChI=1S/C18H32N4O2/c19-15(23)17(7-3-1-4-8-17)21-11-13-22(14-12-21)18(16(20)24)9-5-2-6-10-18/h1-14H2,(H2,19,23)(H2,20,24). The Hall–Kier alpha value is -1.14. The molecule has 0 aromatic carbocycles. The van der Waals surface area contributed by atoms with E-state index in [1.807, 2.05) is 0 Å². The Kier molecular flexibility index (Phi) is 5.16. The lowest BCUT2D eigenvalue weighted by Crippen LogP contribution is -2.68. The van der Waals surface area contributed by atoms with E-state index in [2.05, 4.69) is 9.80 Å². The van der Waals surface area contributed by atoms with Crippen molar-refractivity contribution in [2.45, 2.75) is 75.3 Å². The second kappa shape index (κ2) is 7.00. The lowest BCUT2D eigenvalue weighted by molar-refractivity contribution is -0.141. The molecule has 0 aromatic heterocycles. The van der Waals surface area contributed by atoms with Crippen LogP contribution in [-0.4, -0.2) is 58.9 Å². The van der Waals surface area contributed by atoms with Crippen molar-refractivity contribution in [3.05, 3.63) is 0 Å². The van der Waals surface area contributed by atoms with Crippen LogP contribution in [0, 0.1) is 0 Å². The van der Waals surface area contributed by atoms with E-state index in [9.17, 15) is 9.59 Å². The van der Waals surface area contributed by atoms with E-state index >= 15 is 0 Å². The molecule has 6 nitrogen and oxygen atoms in total. The maximum atomic E-state index is 12.2. The molecule has 2 saturated carbocycles. The topological polar surface area (TPSA) is 92.7 Å². The number of hydrogen-bond acceptors (Lipinski definition) is 4. The molecule has 2 aliphatic carbocycles. The van der Waals surface area contributed by atoms with Crippen LogP contribution in [0.5, 0.6) is 0 Å². The van der Waals surface area contributed by atoms with Crippen LogP contribution in [0.4, 0.5) is 0 Å². The van der Waals surface area contributed by atoms with Crippen molar-refractivity contribution in [1.29, 1.82) is 0 Å². The van der Waals surface area contributed by atoms with Crippen LogP contribution in [-0.2, 0) is 9.59 Å². The second-order valence-corrected chi connectivity index (χ2v) is 7.89. The van der Waals surface area contributed by atoms with Gasteiger partial charge in [-0.15, -0.1) is 0 Å². The van der Waals surface area contributed by atoms with Crippen LogP contribution in [0.1, 0.15) is 64.2 Å². The highest BCUT2D eigenvalue weighted by molar-refractivity contribution is 5.85. The van der Waals surface area contributed by atoms with Crippen LogP contribution >= 0.6 is 0 Å². The lowest BCUT2D eigenvalue weighted by Gasteiger charge is -2.52. The maximum Gasteiger partial charge on any atom is 0.237 e. The van der Waals surface area contributed by atoms with Crippen LogP contribution in [0.15, 0.2) is 0 Å². The van der Waals surface area contributed by atoms with Gasteiger partial charge in [0.05, 0.1) is 0 Å². The summed E-state index contributed by atoms with van der Waals surface area (Å²) in [7, 11) is 0. The molecule has 0 spiro atoms. The molecule has 1 aliphatic heterocycles. The van der Waals surface area contributed by atoms with Gasteiger partial charge in [0.15, 0.2) is 0 Å². The molecule has 0 bridgehead atoms. The zero-order chi connectivity index (χ0) is 17.2. The normalized spacial score (nSPS) is 28.3. The molecule has 6 heteroatoms. The third kappa shape index (κ3) is 2.94. The SMILES string of the molecule is NC(=O)C1(N2CCN(C3(C(N)=O)CCCCC3)CC2)CCCCC1. The van der Waals surface area contributed by atoms with E-state index in [4.69, 9.17) is 11.5 Å². The molecule has 0 aromatic rings. The number of amides is 2. The molecule has 1 saturated heterocycles. The summed E-state index contributed by atoms with van der Waals surface area (Å²) in [4.78, 5) is 29.0. The van der Waals surface area contributed by atoms with Gasteiger partial charge in [-0.25, -0.2) is 0 Å². The average molecular weight is 336 g/mol. The number of primary amides is 2. The van der Waals surface area contributed by atoms with Crippen molar-refractivity contribution in [2.24, 2.45) is 11.5 Å². The number of carbonyl (C=O) groups excluding carboxylic acids is 2. The number of piperazine rings is 1. The minimum Gasteiger partial charge on any atom is -0.368 e. The molecule has 0 radical (unpaired) electrons. The molecule has 3 rings (SSSR count). The Labute approximate surface area is 144 Å². The summed E-state index contributed by atoms with van der Waals surface area (Å²) < 4.78 is 0. The Morgan fingerprint density at radius 3 is 1.12 bits per heavy atom. The summed E-state index contributed by atoms with van der Waals surface area (Å²) in [5.74, 6) is -0.337. The fraction of sp³-hybridized carbons (Fsp3) is 0.889. The number of carbonyl (C=O) groups is 2. The minimum absolute atomic E-state index is 0.169. The third-order valence-corrected chi connectivity index (χ3v) is 6.77. The molecular weight excluding hydrogens is 304 g/mol. The predicted octanol–water partition coefficient (Wildman–Crippen LogP) is 0.980. The number of nitrogens with two attached hydrogens (primary N) is 2. The second-order valence-electron chi connectivity index (χ2n) is 7.89. The van der Waals surface area contributed by atoms with E-state index < -0.39 is 11.1 Å². The van der Waals surface area contributed by atoms with Crippen molar-refractivity contribution < 1.29 is 9.59 Å². The number of nitrogens with zero attached hydrogens (tertiary/aromatic N) is 2. The van der Waals surface area contributed by atoms with Gasteiger partial charge < -0.3 is 11.5 Å². The van der Waals surface area contributed by atoms with E-state index in [1.165, 1.54) is 12.8 Å². The van der Waals surface area contributed by atoms with Gasteiger partial charge in [0.1, 0.15) is 11.1 Å². The van der Waals surface area contributed by atoms with Crippen LogP contribution < -0.4 is 11.5 Å². The van der Waals surface area contributed by atoms with Gasteiger partial charge in [-0.2, -0.15) is 0 Å². The molecule has 136 valence electrons. The molecule has 2 amide bonds. The first-order chi connectivity index (χ1) is 11.5. The number of rotatable bonds is 4. The summed E-state index contributed by atoms with van der Waals surface area (Å²) in [5, 5.41) is 0. The van der Waals surface area contributed by atoms with Crippen molar-refractivity contribution >= 4 is 11.8 Å². The fourth-order valence-corrected chi connectivity index (χ4v) is 5.27. The highest BCUT2D eigenvalue weighted by Crippen LogP contribution is 2.37. The largest absolute Gasteiger partial charge is 0.368 e. The van der Waals surface area contributed by atoms with Gasteiger partial charge in [-0.05, 0) is 25.7 Å². The summed E-state index contributed by atoms with van der Waals surface area (Å²) in [6.07, 6.45) is 10.2. The quantitative estimate of drug-likeness (QED) is 0.800. The summed E-state index contributed by atoms with van der Waals surface area (Å²) >= 11 is 0. The molecule has 4 N–H and O–H groups in total. The van der Waals surface area contributed by atoms with Crippen molar-refractivity contribution in [3.63, 3.8) is 0 Å². The predicted molar refractivity (Wildman–Crippen MR) is 93.2 cm³/mol.